The van der Waals surface area contributed by atoms with Crippen LogP contribution in [0.1, 0.15) is 63.6 Å². The highest BCUT2D eigenvalue weighted by Gasteiger charge is 2.24. The molecule has 192 valence electrons. The molecule has 0 saturated heterocycles. The molecule has 0 heterocycles. The van der Waals surface area contributed by atoms with Gasteiger partial charge in [-0.2, -0.15) is 0 Å². The Morgan fingerprint density at radius 3 is 2.20 bits per heavy atom. The van der Waals surface area contributed by atoms with Crippen LogP contribution in [-0.4, -0.2) is 44.2 Å². The molecular formula is C28H41N3O4. The predicted molar refractivity (Wildman–Crippen MR) is 139 cm³/mol. The molecule has 2 unspecified atom stereocenters. The van der Waals surface area contributed by atoms with Crippen LogP contribution in [0.15, 0.2) is 54.6 Å². The standard InChI is InChI=1S/C28H41N3O4/c1-6-10-19(2)18-35-24-15-13-23(14-16-24)25(17-30-28(33)26(29)21(4)34-5)31-27(32)20(3)22-11-8-7-9-12-22/h7-9,11-16,19-21,25-26H,6,10,17-18,29H2,1-5H3,(H,30,33)(H,31,32)/t19?,20?,21-,25+,26+/m1/s1. The Morgan fingerprint density at radius 2 is 1.60 bits per heavy atom. The van der Waals surface area contributed by atoms with E-state index in [4.69, 9.17) is 15.2 Å². The lowest BCUT2D eigenvalue weighted by Gasteiger charge is -2.24. The number of ether oxygens (including phenoxy) is 2. The maximum atomic E-state index is 13.1. The molecule has 4 N–H and O–H groups in total. The second-order valence-corrected chi connectivity index (χ2v) is 9.18. The van der Waals surface area contributed by atoms with Gasteiger partial charge in [-0.05, 0) is 49.4 Å². The van der Waals surface area contributed by atoms with Gasteiger partial charge in [0.25, 0.3) is 0 Å². The smallest absolute Gasteiger partial charge is 0.239 e. The Morgan fingerprint density at radius 1 is 0.943 bits per heavy atom. The molecule has 0 aliphatic rings. The number of carbonyl (C=O) groups excluding carboxylic acids is 2. The van der Waals surface area contributed by atoms with Gasteiger partial charge < -0.3 is 25.8 Å². The van der Waals surface area contributed by atoms with Crippen LogP contribution < -0.4 is 21.1 Å². The van der Waals surface area contributed by atoms with E-state index in [2.05, 4.69) is 24.5 Å². The average molecular weight is 484 g/mol. The fraction of sp³-hybridized carbons (Fsp3) is 0.500. The van der Waals surface area contributed by atoms with E-state index in [1.54, 1.807) is 6.92 Å². The van der Waals surface area contributed by atoms with Crippen LogP contribution in [0.4, 0.5) is 0 Å². The summed E-state index contributed by atoms with van der Waals surface area (Å²) in [4.78, 5) is 25.6. The maximum absolute atomic E-state index is 13.1. The summed E-state index contributed by atoms with van der Waals surface area (Å²) in [5.41, 5.74) is 7.77. The monoisotopic (exact) mass is 483 g/mol. The topological polar surface area (TPSA) is 103 Å². The van der Waals surface area contributed by atoms with Gasteiger partial charge in [0.15, 0.2) is 0 Å². The lowest BCUT2D eigenvalue weighted by molar-refractivity contribution is -0.126. The molecule has 0 aliphatic carbocycles. The van der Waals surface area contributed by atoms with Crippen molar-refractivity contribution in [2.75, 3.05) is 20.3 Å². The van der Waals surface area contributed by atoms with Crippen molar-refractivity contribution in [1.82, 2.24) is 10.6 Å². The van der Waals surface area contributed by atoms with E-state index in [1.807, 2.05) is 61.5 Å². The molecule has 0 bridgehead atoms. The van der Waals surface area contributed by atoms with Gasteiger partial charge >= 0.3 is 0 Å². The van der Waals surface area contributed by atoms with Crippen LogP contribution in [0.5, 0.6) is 5.75 Å². The fourth-order valence-corrected chi connectivity index (χ4v) is 3.73. The summed E-state index contributed by atoms with van der Waals surface area (Å²) in [6, 6.07) is 16.0. The minimum Gasteiger partial charge on any atom is -0.493 e. The SMILES string of the molecule is CCCC(C)COc1ccc([C@H](CNC(=O)[C@@H](N)[C@@H](C)OC)NC(=O)C(C)c2ccccc2)cc1. The Bertz CT molecular complexity index is 904. The Labute approximate surface area is 209 Å². The summed E-state index contributed by atoms with van der Waals surface area (Å²) in [7, 11) is 1.51. The van der Waals surface area contributed by atoms with Gasteiger partial charge in [-0.25, -0.2) is 0 Å². The van der Waals surface area contributed by atoms with Gasteiger partial charge in [-0.15, -0.1) is 0 Å². The largest absolute Gasteiger partial charge is 0.493 e. The highest BCUT2D eigenvalue weighted by Crippen LogP contribution is 2.21. The van der Waals surface area contributed by atoms with E-state index in [9.17, 15) is 9.59 Å². The van der Waals surface area contributed by atoms with Crippen molar-refractivity contribution in [2.24, 2.45) is 11.7 Å². The van der Waals surface area contributed by atoms with E-state index in [0.29, 0.717) is 12.5 Å². The first-order valence-electron chi connectivity index (χ1n) is 12.4. The van der Waals surface area contributed by atoms with E-state index >= 15 is 0 Å². The molecule has 35 heavy (non-hydrogen) atoms. The molecule has 0 spiro atoms. The van der Waals surface area contributed by atoms with Gasteiger partial charge in [0.2, 0.25) is 11.8 Å². The molecule has 0 fully saturated rings. The molecular weight excluding hydrogens is 442 g/mol. The van der Waals surface area contributed by atoms with E-state index in [0.717, 1.165) is 29.7 Å². The number of nitrogens with one attached hydrogen (secondary N) is 2. The number of benzene rings is 2. The number of nitrogens with two attached hydrogens (primary N) is 1. The van der Waals surface area contributed by atoms with Gasteiger partial charge in [-0.3, -0.25) is 9.59 Å². The molecule has 0 saturated carbocycles. The Kier molecular flexibility index (Phi) is 11.7. The molecule has 2 rings (SSSR count). The van der Waals surface area contributed by atoms with Gasteiger partial charge in [0, 0.05) is 13.7 Å². The van der Waals surface area contributed by atoms with E-state index in [1.165, 1.54) is 7.11 Å². The zero-order valence-corrected chi connectivity index (χ0v) is 21.6. The second-order valence-electron chi connectivity index (χ2n) is 9.18. The zero-order chi connectivity index (χ0) is 25.8. The zero-order valence-electron chi connectivity index (χ0n) is 21.6. The first-order chi connectivity index (χ1) is 16.8. The molecule has 2 aromatic rings. The third-order valence-corrected chi connectivity index (χ3v) is 6.27. The van der Waals surface area contributed by atoms with Crippen molar-refractivity contribution in [1.29, 1.82) is 0 Å². The van der Waals surface area contributed by atoms with Crippen LogP contribution in [0.2, 0.25) is 0 Å². The minimum absolute atomic E-state index is 0.126. The molecule has 0 aromatic heterocycles. The highest BCUT2D eigenvalue weighted by molar-refractivity contribution is 5.84. The fourth-order valence-electron chi connectivity index (χ4n) is 3.73. The maximum Gasteiger partial charge on any atom is 0.239 e. The first-order valence-corrected chi connectivity index (χ1v) is 12.4. The number of rotatable bonds is 14. The van der Waals surface area contributed by atoms with Gasteiger partial charge in [0.05, 0.1) is 24.7 Å². The third kappa shape index (κ3) is 9.00. The number of hydrogen-bond acceptors (Lipinski definition) is 5. The van der Waals surface area contributed by atoms with Gasteiger partial charge in [0.1, 0.15) is 11.8 Å². The lowest BCUT2D eigenvalue weighted by atomic mass is 9.99. The Balaban J connectivity index is 2.13. The van der Waals surface area contributed by atoms with Crippen LogP contribution >= 0.6 is 0 Å². The normalized spacial score (nSPS) is 15.4. The molecule has 0 aliphatic heterocycles. The van der Waals surface area contributed by atoms with Crippen LogP contribution in [0.25, 0.3) is 0 Å². The van der Waals surface area contributed by atoms with E-state index < -0.39 is 18.2 Å². The van der Waals surface area contributed by atoms with Crippen molar-refractivity contribution in [3.05, 3.63) is 65.7 Å². The third-order valence-electron chi connectivity index (χ3n) is 6.27. The average Bonchev–Trinajstić information content (AvgIpc) is 2.89. The summed E-state index contributed by atoms with van der Waals surface area (Å²) in [5.74, 6) is 0.464. The number of hydrogen-bond donors (Lipinski definition) is 3. The summed E-state index contributed by atoms with van der Waals surface area (Å²) in [5, 5.41) is 5.95. The van der Waals surface area contributed by atoms with Crippen molar-refractivity contribution < 1.29 is 19.1 Å². The number of methoxy groups -OCH3 is 1. The summed E-state index contributed by atoms with van der Waals surface area (Å²) in [6.07, 6.45) is 1.83. The Hall–Kier alpha value is -2.90. The molecule has 2 aromatic carbocycles. The first kappa shape index (κ1) is 28.3. The molecule has 5 atom stereocenters. The molecule has 2 amide bonds. The summed E-state index contributed by atoms with van der Waals surface area (Å²) >= 11 is 0. The number of amides is 2. The van der Waals surface area contributed by atoms with Crippen molar-refractivity contribution in [2.45, 2.75) is 64.6 Å². The van der Waals surface area contributed by atoms with Crippen molar-refractivity contribution >= 4 is 11.8 Å². The minimum atomic E-state index is -0.805. The quantitative estimate of drug-likeness (QED) is 0.378. The molecule has 7 nitrogen and oxygen atoms in total. The van der Waals surface area contributed by atoms with Crippen LogP contribution in [0, 0.1) is 5.92 Å². The molecule has 7 heteroatoms. The van der Waals surface area contributed by atoms with Crippen molar-refractivity contribution in [3.8, 4) is 5.75 Å². The molecule has 0 radical (unpaired) electrons. The predicted octanol–water partition coefficient (Wildman–Crippen LogP) is 3.94. The van der Waals surface area contributed by atoms with Crippen LogP contribution in [0.3, 0.4) is 0 Å². The van der Waals surface area contributed by atoms with Crippen LogP contribution in [-0.2, 0) is 14.3 Å². The number of carbonyl (C=O) groups is 2. The summed E-state index contributed by atoms with van der Waals surface area (Å²) in [6.45, 7) is 8.81. The van der Waals surface area contributed by atoms with E-state index in [-0.39, 0.29) is 24.3 Å². The highest BCUT2D eigenvalue weighted by atomic mass is 16.5. The second kappa shape index (κ2) is 14.5. The van der Waals surface area contributed by atoms with Gasteiger partial charge in [-0.1, -0.05) is 62.7 Å². The summed E-state index contributed by atoms with van der Waals surface area (Å²) < 4.78 is 11.1. The lowest BCUT2D eigenvalue weighted by Crippen LogP contribution is -2.50. The van der Waals surface area contributed by atoms with Crippen molar-refractivity contribution in [3.63, 3.8) is 0 Å².